The van der Waals surface area contributed by atoms with Crippen molar-refractivity contribution in [3.8, 4) is 5.75 Å². The quantitative estimate of drug-likeness (QED) is 0.0937. The number of benzene rings is 1. The van der Waals surface area contributed by atoms with Gasteiger partial charge in [0.1, 0.15) is 23.9 Å². The smallest absolute Gasteiger partial charge is 0.326 e. The Morgan fingerprint density at radius 3 is 2.37 bits per heavy atom. The number of carbonyl (C=O) groups is 4. The van der Waals surface area contributed by atoms with Crippen molar-refractivity contribution < 1.29 is 29.4 Å². The second-order valence-electron chi connectivity index (χ2n) is 9.75. The molecule has 1 fully saturated rings. The van der Waals surface area contributed by atoms with Crippen LogP contribution in [0.25, 0.3) is 0 Å². The number of phenolic OH excluding ortho intramolecular Hbond substituents is 1. The van der Waals surface area contributed by atoms with E-state index in [1.54, 1.807) is 26.0 Å². The minimum Gasteiger partial charge on any atom is -0.508 e. The highest BCUT2D eigenvalue weighted by atomic mass is 16.4. The topological polar surface area (TPSA) is 226 Å². The predicted octanol–water partition coefficient (Wildman–Crippen LogP) is -0.983. The molecule has 13 heteroatoms. The van der Waals surface area contributed by atoms with Crippen LogP contribution >= 0.6 is 0 Å². The third-order valence-electron chi connectivity index (χ3n) is 6.35. The van der Waals surface area contributed by atoms with Gasteiger partial charge in [-0.2, -0.15) is 0 Å². The van der Waals surface area contributed by atoms with Gasteiger partial charge in [-0.25, -0.2) is 4.79 Å². The van der Waals surface area contributed by atoms with E-state index in [0.717, 1.165) is 5.56 Å². The van der Waals surface area contributed by atoms with Crippen molar-refractivity contribution >= 4 is 29.7 Å². The lowest BCUT2D eigenvalue weighted by Crippen LogP contribution is -2.58. The maximum atomic E-state index is 13.2. The number of aromatic hydroxyl groups is 1. The summed E-state index contributed by atoms with van der Waals surface area (Å²) >= 11 is 0. The summed E-state index contributed by atoms with van der Waals surface area (Å²) in [5.41, 5.74) is 17.5. The second-order valence-corrected chi connectivity index (χ2v) is 9.75. The number of phenols is 1. The van der Waals surface area contributed by atoms with Gasteiger partial charge in [0.25, 0.3) is 0 Å². The molecule has 0 radical (unpaired) electrons. The molecule has 2 rings (SSSR count). The molecule has 1 aliphatic rings. The fourth-order valence-corrected chi connectivity index (χ4v) is 4.30. The molecule has 210 valence electrons. The Bertz CT molecular complexity index is 1010. The summed E-state index contributed by atoms with van der Waals surface area (Å²) in [6, 6.07) is 2.50. The SMILES string of the molecule is CC(C)C(NC(=O)C1CCCN1C(=O)C(N)Cc1ccc(O)cc1)C(=O)NC(CCCN=C(N)N)C(=O)O. The standard InChI is InChI=1S/C25H39N7O6/c1-14(2)20(22(35)30-18(24(37)38)5-3-11-29-25(27)28)31-21(34)19-6-4-12-32(19)23(36)17(26)13-15-7-9-16(33)10-8-15/h7-10,14,17-20,33H,3-6,11-13,26H2,1-2H3,(H,30,35)(H,31,34)(H,37,38)(H4,27,28,29). The van der Waals surface area contributed by atoms with Crippen LogP contribution in [0.15, 0.2) is 29.3 Å². The number of nitrogens with one attached hydrogen (secondary N) is 2. The number of hydrogen-bond donors (Lipinski definition) is 7. The van der Waals surface area contributed by atoms with Crippen LogP contribution in [0.1, 0.15) is 45.1 Å². The fraction of sp³-hybridized carbons (Fsp3) is 0.560. The Kier molecular flexibility index (Phi) is 11.3. The number of likely N-dealkylation sites (tertiary alicyclic amines) is 1. The summed E-state index contributed by atoms with van der Waals surface area (Å²) in [5, 5.41) is 24.1. The fourth-order valence-electron chi connectivity index (χ4n) is 4.30. The van der Waals surface area contributed by atoms with E-state index in [9.17, 15) is 29.4 Å². The third-order valence-corrected chi connectivity index (χ3v) is 6.35. The number of nitrogens with two attached hydrogens (primary N) is 3. The highest BCUT2D eigenvalue weighted by molar-refractivity contribution is 5.94. The Hall–Kier alpha value is -3.87. The monoisotopic (exact) mass is 533 g/mol. The van der Waals surface area contributed by atoms with Gasteiger partial charge in [0.15, 0.2) is 5.96 Å². The van der Waals surface area contributed by atoms with Crippen LogP contribution in [0.5, 0.6) is 5.75 Å². The molecule has 13 nitrogen and oxygen atoms in total. The van der Waals surface area contributed by atoms with E-state index < -0.39 is 42.0 Å². The van der Waals surface area contributed by atoms with Crippen LogP contribution in [-0.2, 0) is 25.6 Å². The number of carboxylic acids is 1. The number of guanidine groups is 1. The largest absolute Gasteiger partial charge is 0.508 e. The Labute approximate surface area is 221 Å². The molecular formula is C25H39N7O6. The summed E-state index contributed by atoms with van der Waals surface area (Å²) < 4.78 is 0. The Morgan fingerprint density at radius 1 is 1.13 bits per heavy atom. The zero-order chi connectivity index (χ0) is 28.4. The van der Waals surface area contributed by atoms with Gasteiger partial charge in [-0.05, 0) is 55.7 Å². The molecule has 1 aromatic rings. The summed E-state index contributed by atoms with van der Waals surface area (Å²) in [4.78, 5) is 56.1. The first kappa shape index (κ1) is 30.4. The lowest BCUT2D eigenvalue weighted by molar-refractivity contribution is -0.143. The molecule has 3 amide bonds. The van der Waals surface area contributed by atoms with E-state index in [0.29, 0.717) is 25.8 Å². The van der Waals surface area contributed by atoms with E-state index >= 15 is 0 Å². The lowest BCUT2D eigenvalue weighted by Gasteiger charge is -2.29. The van der Waals surface area contributed by atoms with E-state index in [1.165, 1.54) is 17.0 Å². The van der Waals surface area contributed by atoms with Crippen molar-refractivity contribution in [2.45, 2.75) is 70.1 Å². The molecule has 1 aromatic carbocycles. The van der Waals surface area contributed by atoms with Crippen LogP contribution in [-0.4, -0.2) is 82.0 Å². The maximum Gasteiger partial charge on any atom is 0.326 e. The molecule has 0 bridgehead atoms. The third kappa shape index (κ3) is 8.91. The summed E-state index contributed by atoms with van der Waals surface area (Å²) in [7, 11) is 0. The molecule has 4 atom stereocenters. The maximum absolute atomic E-state index is 13.2. The van der Waals surface area contributed by atoms with Crippen molar-refractivity contribution in [1.29, 1.82) is 0 Å². The molecule has 0 aliphatic carbocycles. The van der Waals surface area contributed by atoms with Gasteiger partial charge in [-0.3, -0.25) is 19.4 Å². The lowest BCUT2D eigenvalue weighted by atomic mass is 10.0. The highest BCUT2D eigenvalue weighted by Gasteiger charge is 2.38. The van der Waals surface area contributed by atoms with Crippen molar-refractivity contribution in [2.75, 3.05) is 13.1 Å². The molecular weight excluding hydrogens is 494 g/mol. The van der Waals surface area contributed by atoms with E-state index in [1.807, 2.05) is 0 Å². The van der Waals surface area contributed by atoms with Gasteiger partial charge in [0.05, 0.1) is 6.04 Å². The van der Waals surface area contributed by atoms with Gasteiger partial charge in [0, 0.05) is 13.1 Å². The first-order valence-electron chi connectivity index (χ1n) is 12.6. The van der Waals surface area contributed by atoms with Crippen molar-refractivity contribution in [3.63, 3.8) is 0 Å². The average molecular weight is 534 g/mol. The van der Waals surface area contributed by atoms with E-state index in [4.69, 9.17) is 17.2 Å². The molecule has 4 unspecified atom stereocenters. The number of aliphatic imine (C=N–C) groups is 1. The van der Waals surface area contributed by atoms with Gasteiger partial charge in [0.2, 0.25) is 17.7 Å². The Balaban J connectivity index is 2.02. The summed E-state index contributed by atoms with van der Waals surface area (Å²) in [5.74, 6) is -3.08. The Morgan fingerprint density at radius 2 is 1.79 bits per heavy atom. The van der Waals surface area contributed by atoms with Gasteiger partial charge >= 0.3 is 5.97 Å². The van der Waals surface area contributed by atoms with E-state index in [2.05, 4.69) is 15.6 Å². The molecule has 0 spiro atoms. The van der Waals surface area contributed by atoms with E-state index in [-0.39, 0.29) is 42.9 Å². The number of hydrogen-bond acceptors (Lipinski definition) is 7. The number of amides is 3. The number of carboxylic acid groups (broad SMARTS) is 1. The molecule has 10 N–H and O–H groups in total. The number of rotatable bonds is 13. The molecule has 0 saturated carbocycles. The van der Waals surface area contributed by atoms with Gasteiger partial charge < -0.3 is 42.9 Å². The molecule has 1 heterocycles. The van der Waals surface area contributed by atoms with Crippen molar-refractivity contribution in [1.82, 2.24) is 15.5 Å². The number of nitrogens with zero attached hydrogens (tertiary/aromatic N) is 2. The molecule has 1 aliphatic heterocycles. The number of aliphatic carboxylic acids is 1. The van der Waals surface area contributed by atoms with Crippen molar-refractivity contribution in [2.24, 2.45) is 28.1 Å². The molecule has 1 saturated heterocycles. The normalized spacial score (nSPS) is 17.4. The number of carbonyl (C=O) groups excluding carboxylic acids is 3. The average Bonchev–Trinajstić information content (AvgIpc) is 3.34. The summed E-state index contributed by atoms with van der Waals surface area (Å²) in [6.07, 6.45) is 1.68. The minimum atomic E-state index is -1.22. The van der Waals surface area contributed by atoms with Gasteiger partial charge in [-0.1, -0.05) is 26.0 Å². The zero-order valence-electron chi connectivity index (χ0n) is 21.8. The van der Waals surface area contributed by atoms with Crippen LogP contribution in [0.2, 0.25) is 0 Å². The van der Waals surface area contributed by atoms with Crippen molar-refractivity contribution in [3.05, 3.63) is 29.8 Å². The molecule has 38 heavy (non-hydrogen) atoms. The minimum absolute atomic E-state index is 0.0977. The zero-order valence-corrected chi connectivity index (χ0v) is 21.8. The first-order chi connectivity index (χ1) is 17.9. The highest BCUT2D eigenvalue weighted by Crippen LogP contribution is 2.20. The van der Waals surface area contributed by atoms with Crippen LogP contribution in [0.4, 0.5) is 0 Å². The van der Waals surface area contributed by atoms with Crippen LogP contribution in [0, 0.1) is 5.92 Å². The first-order valence-corrected chi connectivity index (χ1v) is 12.6. The molecule has 0 aromatic heterocycles. The van der Waals surface area contributed by atoms with Crippen LogP contribution < -0.4 is 27.8 Å². The van der Waals surface area contributed by atoms with Crippen LogP contribution in [0.3, 0.4) is 0 Å². The second kappa shape index (κ2) is 14.2. The summed E-state index contributed by atoms with van der Waals surface area (Å²) in [6.45, 7) is 4.02. The predicted molar refractivity (Wildman–Crippen MR) is 141 cm³/mol. The van der Waals surface area contributed by atoms with Gasteiger partial charge in [-0.15, -0.1) is 0 Å².